The lowest BCUT2D eigenvalue weighted by molar-refractivity contribution is 0.328. The topological polar surface area (TPSA) is 50.1 Å². The van der Waals surface area contributed by atoms with Gasteiger partial charge in [0.15, 0.2) is 0 Å². The molecule has 2 N–H and O–H groups in total. The lowest BCUT2D eigenvalue weighted by Crippen LogP contribution is -2.26. The van der Waals surface area contributed by atoms with Crippen LogP contribution in [0.25, 0.3) is 0 Å². The zero-order chi connectivity index (χ0) is 11.2. The number of hydrogen-bond donors (Lipinski definition) is 2. The van der Waals surface area contributed by atoms with E-state index in [-0.39, 0.29) is 0 Å². The molecule has 1 saturated heterocycles. The number of hydrogen-bond acceptors (Lipinski definition) is 4. The Balaban J connectivity index is 1.85. The Morgan fingerprint density at radius 3 is 3.25 bits per heavy atom. The Labute approximate surface area is 96.8 Å². The van der Waals surface area contributed by atoms with Crippen molar-refractivity contribution in [1.82, 2.24) is 15.6 Å². The van der Waals surface area contributed by atoms with Gasteiger partial charge in [-0.2, -0.15) is 0 Å². The zero-order valence-corrected chi connectivity index (χ0v) is 9.96. The monoisotopic (exact) mass is 223 g/mol. The molecule has 0 spiro atoms. The molecular formula is C12H21N3O. The van der Waals surface area contributed by atoms with Crippen LogP contribution in [0.4, 0.5) is 0 Å². The lowest BCUT2D eigenvalue weighted by atomic mass is 10.1. The van der Waals surface area contributed by atoms with Crippen LogP contribution in [0.1, 0.15) is 43.4 Å². The van der Waals surface area contributed by atoms with Gasteiger partial charge >= 0.3 is 0 Å². The molecular weight excluding hydrogens is 202 g/mol. The molecule has 1 atom stereocenters. The molecule has 4 heteroatoms. The predicted molar refractivity (Wildman–Crippen MR) is 63.3 cm³/mol. The van der Waals surface area contributed by atoms with Crippen molar-refractivity contribution in [2.75, 3.05) is 20.1 Å². The van der Waals surface area contributed by atoms with E-state index in [0.717, 1.165) is 44.0 Å². The van der Waals surface area contributed by atoms with Gasteiger partial charge in [0.25, 0.3) is 0 Å². The second-order valence-electron chi connectivity index (χ2n) is 4.37. The number of aryl methyl sites for hydroxylation is 1. The molecule has 2 rings (SSSR count). The minimum absolute atomic E-state index is 0.340. The quantitative estimate of drug-likeness (QED) is 0.745. The molecule has 2 heterocycles. The summed E-state index contributed by atoms with van der Waals surface area (Å²) in [6.45, 7) is 2.11. The Hall–Kier alpha value is -0.870. The molecule has 1 unspecified atom stereocenters. The fourth-order valence-corrected chi connectivity index (χ4v) is 2.10. The summed E-state index contributed by atoms with van der Waals surface area (Å²) >= 11 is 0. The standard InChI is InChI=1S/C12H21N3O/c1-13-7-4-5-10-9-15-12(16-10)11-6-2-3-8-14-11/h9,11,13-14H,2-8H2,1H3. The fraction of sp³-hybridized carbons (Fsp3) is 0.750. The van der Waals surface area contributed by atoms with Gasteiger partial charge in [0.2, 0.25) is 5.89 Å². The normalized spacial score (nSPS) is 21.2. The Kier molecular flexibility index (Phi) is 4.36. The fourth-order valence-electron chi connectivity index (χ4n) is 2.10. The van der Waals surface area contributed by atoms with Crippen LogP contribution < -0.4 is 10.6 Å². The van der Waals surface area contributed by atoms with Crippen LogP contribution in [0.5, 0.6) is 0 Å². The van der Waals surface area contributed by atoms with Crippen molar-refractivity contribution in [2.24, 2.45) is 0 Å². The minimum Gasteiger partial charge on any atom is -0.444 e. The summed E-state index contributed by atoms with van der Waals surface area (Å²) in [5, 5.41) is 6.58. The summed E-state index contributed by atoms with van der Waals surface area (Å²) in [6, 6.07) is 0.340. The predicted octanol–water partition coefficient (Wildman–Crippen LogP) is 1.64. The summed E-state index contributed by atoms with van der Waals surface area (Å²) < 4.78 is 5.77. The molecule has 90 valence electrons. The molecule has 1 aromatic rings. The van der Waals surface area contributed by atoms with Gasteiger partial charge in [-0.05, 0) is 39.4 Å². The largest absolute Gasteiger partial charge is 0.444 e. The van der Waals surface area contributed by atoms with Crippen LogP contribution in [0.15, 0.2) is 10.6 Å². The molecule has 0 aromatic carbocycles. The molecule has 4 nitrogen and oxygen atoms in total. The van der Waals surface area contributed by atoms with Crippen LogP contribution in [0, 0.1) is 0 Å². The highest BCUT2D eigenvalue weighted by atomic mass is 16.4. The number of nitrogens with one attached hydrogen (secondary N) is 2. The smallest absolute Gasteiger partial charge is 0.211 e. The second-order valence-corrected chi connectivity index (χ2v) is 4.37. The average molecular weight is 223 g/mol. The summed E-state index contributed by atoms with van der Waals surface area (Å²) in [5.41, 5.74) is 0. The maximum atomic E-state index is 5.77. The van der Waals surface area contributed by atoms with Gasteiger partial charge in [0.1, 0.15) is 5.76 Å². The molecule has 1 aliphatic heterocycles. The number of piperidine rings is 1. The zero-order valence-electron chi connectivity index (χ0n) is 9.96. The van der Waals surface area contributed by atoms with E-state index in [4.69, 9.17) is 4.42 Å². The summed E-state index contributed by atoms with van der Waals surface area (Å²) in [7, 11) is 1.97. The van der Waals surface area contributed by atoms with Crippen LogP contribution in [-0.2, 0) is 6.42 Å². The Morgan fingerprint density at radius 2 is 2.50 bits per heavy atom. The van der Waals surface area contributed by atoms with Gasteiger partial charge < -0.3 is 15.1 Å². The molecule has 0 bridgehead atoms. The maximum Gasteiger partial charge on any atom is 0.211 e. The number of rotatable bonds is 5. The highest BCUT2D eigenvalue weighted by Gasteiger charge is 2.19. The van der Waals surface area contributed by atoms with Gasteiger partial charge in [-0.1, -0.05) is 6.42 Å². The van der Waals surface area contributed by atoms with E-state index in [2.05, 4.69) is 15.6 Å². The van der Waals surface area contributed by atoms with Crippen molar-refractivity contribution in [3.63, 3.8) is 0 Å². The Bertz CT molecular complexity index is 305. The van der Waals surface area contributed by atoms with Gasteiger partial charge in [-0.15, -0.1) is 0 Å². The van der Waals surface area contributed by atoms with Crippen LogP contribution in [0.2, 0.25) is 0 Å². The lowest BCUT2D eigenvalue weighted by Gasteiger charge is -2.20. The molecule has 0 aliphatic carbocycles. The van der Waals surface area contributed by atoms with E-state index >= 15 is 0 Å². The van der Waals surface area contributed by atoms with Crippen LogP contribution in [0.3, 0.4) is 0 Å². The van der Waals surface area contributed by atoms with Crippen molar-refractivity contribution in [1.29, 1.82) is 0 Å². The SMILES string of the molecule is CNCCCc1cnc(C2CCCCN2)o1. The van der Waals surface area contributed by atoms with Crippen molar-refractivity contribution >= 4 is 0 Å². The first-order valence-electron chi connectivity index (χ1n) is 6.22. The summed E-state index contributed by atoms with van der Waals surface area (Å²) in [4.78, 5) is 4.37. The molecule has 1 aliphatic rings. The highest BCUT2D eigenvalue weighted by molar-refractivity contribution is 4.99. The number of aromatic nitrogens is 1. The van der Waals surface area contributed by atoms with Crippen LogP contribution in [-0.4, -0.2) is 25.1 Å². The number of nitrogens with zero attached hydrogens (tertiary/aromatic N) is 1. The van der Waals surface area contributed by atoms with Gasteiger partial charge in [0.05, 0.1) is 12.2 Å². The van der Waals surface area contributed by atoms with Gasteiger partial charge in [-0.3, -0.25) is 0 Å². The third kappa shape index (κ3) is 3.06. The molecule has 16 heavy (non-hydrogen) atoms. The molecule has 0 radical (unpaired) electrons. The second kappa shape index (κ2) is 6.01. The van der Waals surface area contributed by atoms with E-state index in [1.54, 1.807) is 0 Å². The van der Waals surface area contributed by atoms with Gasteiger partial charge in [0, 0.05) is 6.42 Å². The molecule has 1 aromatic heterocycles. The first-order valence-corrected chi connectivity index (χ1v) is 6.22. The molecule has 0 amide bonds. The molecule has 0 saturated carbocycles. The van der Waals surface area contributed by atoms with E-state index in [1.807, 2.05) is 13.2 Å². The third-order valence-electron chi connectivity index (χ3n) is 3.03. The van der Waals surface area contributed by atoms with Gasteiger partial charge in [-0.25, -0.2) is 4.98 Å². The van der Waals surface area contributed by atoms with E-state index in [0.29, 0.717) is 6.04 Å². The van der Waals surface area contributed by atoms with E-state index in [1.165, 1.54) is 12.8 Å². The average Bonchev–Trinajstić information content (AvgIpc) is 2.79. The van der Waals surface area contributed by atoms with Crippen LogP contribution >= 0.6 is 0 Å². The first-order chi connectivity index (χ1) is 7.90. The minimum atomic E-state index is 0.340. The van der Waals surface area contributed by atoms with Crippen molar-refractivity contribution in [3.05, 3.63) is 17.8 Å². The third-order valence-corrected chi connectivity index (χ3v) is 3.03. The summed E-state index contributed by atoms with van der Waals surface area (Å²) in [5.74, 6) is 1.89. The van der Waals surface area contributed by atoms with Crippen molar-refractivity contribution in [2.45, 2.75) is 38.1 Å². The number of oxazole rings is 1. The van der Waals surface area contributed by atoms with E-state index in [9.17, 15) is 0 Å². The van der Waals surface area contributed by atoms with E-state index < -0.39 is 0 Å². The maximum absolute atomic E-state index is 5.77. The Morgan fingerprint density at radius 1 is 1.56 bits per heavy atom. The first kappa shape index (κ1) is 11.6. The highest BCUT2D eigenvalue weighted by Crippen LogP contribution is 2.22. The van der Waals surface area contributed by atoms with Crippen molar-refractivity contribution in [3.8, 4) is 0 Å². The van der Waals surface area contributed by atoms with Crippen molar-refractivity contribution < 1.29 is 4.42 Å². The molecule has 1 fully saturated rings. The summed E-state index contributed by atoms with van der Waals surface area (Å²) in [6.07, 6.45) is 7.64.